The topological polar surface area (TPSA) is 50.9 Å². The summed E-state index contributed by atoms with van der Waals surface area (Å²) in [7, 11) is 0. The SMILES string of the molecule is Cc1nn(-c2nc3ccccc3s2)c(C)c1C(C)O. The molecule has 0 spiro atoms. The number of aryl methyl sites for hydroxylation is 1. The molecule has 98 valence electrons. The number of para-hydroxylation sites is 1. The van der Waals surface area contributed by atoms with Gasteiger partial charge in [0, 0.05) is 11.3 Å². The normalized spacial score (nSPS) is 13.1. The number of fused-ring (bicyclic) bond motifs is 1. The minimum absolute atomic E-state index is 0.511. The maximum atomic E-state index is 9.82. The maximum Gasteiger partial charge on any atom is 0.211 e. The van der Waals surface area contributed by atoms with Gasteiger partial charge in [-0.1, -0.05) is 23.5 Å². The molecule has 1 aromatic carbocycles. The molecule has 0 aliphatic carbocycles. The fraction of sp³-hybridized carbons (Fsp3) is 0.286. The number of hydrogen-bond donors (Lipinski definition) is 1. The first-order valence-electron chi connectivity index (χ1n) is 6.18. The number of nitrogens with zero attached hydrogens (tertiary/aromatic N) is 3. The van der Waals surface area contributed by atoms with Crippen LogP contribution in [0.25, 0.3) is 15.3 Å². The van der Waals surface area contributed by atoms with Crippen molar-refractivity contribution in [3.05, 3.63) is 41.2 Å². The second-order valence-electron chi connectivity index (χ2n) is 4.64. The van der Waals surface area contributed by atoms with Crippen molar-refractivity contribution in [1.82, 2.24) is 14.8 Å². The van der Waals surface area contributed by atoms with Gasteiger partial charge in [0.15, 0.2) is 0 Å². The summed E-state index contributed by atoms with van der Waals surface area (Å²) >= 11 is 1.61. The van der Waals surface area contributed by atoms with Crippen molar-refractivity contribution in [3.63, 3.8) is 0 Å². The minimum atomic E-state index is -0.511. The Hall–Kier alpha value is -1.72. The fourth-order valence-electron chi connectivity index (χ4n) is 2.40. The van der Waals surface area contributed by atoms with Gasteiger partial charge in [-0.25, -0.2) is 9.67 Å². The molecule has 1 atom stereocenters. The first-order chi connectivity index (χ1) is 9.08. The third kappa shape index (κ3) is 1.95. The van der Waals surface area contributed by atoms with Crippen LogP contribution in [0.15, 0.2) is 24.3 Å². The van der Waals surface area contributed by atoms with Gasteiger partial charge < -0.3 is 5.11 Å². The zero-order chi connectivity index (χ0) is 13.6. The number of aromatic nitrogens is 3. The van der Waals surface area contributed by atoms with Crippen molar-refractivity contribution in [1.29, 1.82) is 0 Å². The molecule has 3 aromatic rings. The molecule has 5 heteroatoms. The van der Waals surface area contributed by atoms with Crippen molar-refractivity contribution < 1.29 is 5.11 Å². The molecule has 0 aliphatic rings. The van der Waals surface area contributed by atoms with E-state index in [1.165, 1.54) is 0 Å². The molecule has 0 saturated heterocycles. The van der Waals surface area contributed by atoms with Crippen LogP contribution in [0.2, 0.25) is 0 Å². The number of aliphatic hydroxyl groups is 1. The zero-order valence-corrected chi connectivity index (χ0v) is 11.9. The molecular weight excluding hydrogens is 258 g/mol. The lowest BCUT2D eigenvalue weighted by Crippen LogP contribution is -2.00. The Labute approximate surface area is 115 Å². The first kappa shape index (κ1) is 12.3. The van der Waals surface area contributed by atoms with Gasteiger partial charge in [0.1, 0.15) is 0 Å². The number of hydrogen-bond acceptors (Lipinski definition) is 4. The molecule has 0 aliphatic heterocycles. The van der Waals surface area contributed by atoms with Crippen LogP contribution in [0.5, 0.6) is 0 Å². The van der Waals surface area contributed by atoms with E-state index >= 15 is 0 Å². The molecule has 0 bridgehead atoms. The largest absolute Gasteiger partial charge is 0.389 e. The summed E-state index contributed by atoms with van der Waals surface area (Å²) in [5.41, 5.74) is 3.67. The first-order valence-corrected chi connectivity index (χ1v) is 6.99. The number of aliphatic hydroxyl groups excluding tert-OH is 1. The van der Waals surface area contributed by atoms with E-state index in [1.54, 1.807) is 18.3 Å². The fourth-order valence-corrected chi connectivity index (χ4v) is 3.37. The summed E-state index contributed by atoms with van der Waals surface area (Å²) in [6.07, 6.45) is -0.511. The highest BCUT2D eigenvalue weighted by Gasteiger charge is 2.18. The molecule has 1 N–H and O–H groups in total. The standard InChI is InChI=1S/C14H15N3OS/c1-8-13(10(3)18)9(2)17(16-8)14-15-11-6-4-5-7-12(11)19-14/h4-7,10,18H,1-3H3. The van der Waals surface area contributed by atoms with Crippen LogP contribution in [-0.2, 0) is 0 Å². The van der Waals surface area contributed by atoms with Crippen molar-refractivity contribution in [2.24, 2.45) is 0 Å². The molecular formula is C14H15N3OS. The monoisotopic (exact) mass is 273 g/mol. The van der Waals surface area contributed by atoms with E-state index in [4.69, 9.17) is 0 Å². The van der Waals surface area contributed by atoms with Crippen LogP contribution in [0.4, 0.5) is 0 Å². The third-order valence-corrected chi connectivity index (χ3v) is 4.24. The number of rotatable bonds is 2. The van der Waals surface area contributed by atoms with E-state index in [-0.39, 0.29) is 0 Å². The summed E-state index contributed by atoms with van der Waals surface area (Å²) in [6.45, 7) is 5.65. The van der Waals surface area contributed by atoms with E-state index in [9.17, 15) is 5.11 Å². The highest BCUT2D eigenvalue weighted by molar-refractivity contribution is 7.20. The predicted molar refractivity (Wildman–Crippen MR) is 76.8 cm³/mol. The molecule has 0 amide bonds. The second-order valence-corrected chi connectivity index (χ2v) is 5.65. The maximum absolute atomic E-state index is 9.82. The van der Waals surface area contributed by atoms with E-state index in [0.29, 0.717) is 0 Å². The van der Waals surface area contributed by atoms with Gasteiger partial charge >= 0.3 is 0 Å². The average Bonchev–Trinajstić information content (AvgIpc) is 2.89. The Balaban J connectivity index is 2.19. The Bertz CT molecular complexity index is 709. The Morgan fingerprint density at radius 1 is 1.26 bits per heavy atom. The van der Waals surface area contributed by atoms with E-state index in [1.807, 2.05) is 36.7 Å². The highest BCUT2D eigenvalue weighted by atomic mass is 32.1. The van der Waals surface area contributed by atoms with Crippen LogP contribution in [0, 0.1) is 13.8 Å². The van der Waals surface area contributed by atoms with Crippen LogP contribution in [-0.4, -0.2) is 19.9 Å². The number of thiazole rings is 1. The van der Waals surface area contributed by atoms with Crippen LogP contribution in [0.3, 0.4) is 0 Å². The number of benzene rings is 1. The van der Waals surface area contributed by atoms with Crippen LogP contribution < -0.4 is 0 Å². The highest BCUT2D eigenvalue weighted by Crippen LogP contribution is 2.28. The quantitative estimate of drug-likeness (QED) is 0.780. The lowest BCUT2D eigenvalue weighted by Gasteiger charge is -2.04. The molecule has 0 saturated carbocycles. The minimum Gasteiger partial charge on any atom is -0.389 e. The third-order valence-electron chi connectivity index (χ3n) is 3.23. The summed E-state index contributed by atoms with van der Waals surface area (Å²) in [5, 5.41) is 15.2. The smallest absolute Gasteiger partial charge is 0.211 e. The van der Waals surface area contributed by atoms with Gasteiger partial charge in [-0.15, -0.1) is 0 Å². The van der Waals surface area contributed by atoms with Gasteiger partial charge in [0.05, 0.1) is 22.0 Å². The average molecular weight is 273 g/mol. The van der Waals surface area contributed by atoms with Crippen LogP contribution >= 0.6 is 11.3 Å². The zero-order valence-electron chi connectivity index (χ0n) is 11.1. The predicted octanol–water partition coefficient (Wildman–Crippen LogP) is 3.15. The van der Waals surface area contributed by atoms with Gasteiger partial charge in [0.25, 0.3) is 0 Å². The Morgan fingerprint density at radius 3 is 2.63 bits per heavy atom. The molecule has 0 fully saturated rings. The molecule has 2 heterocycles. The van der Waals surface area contributed by atoms with Gasteiger partial charge in [-0.2, -0.15) is 5.10 Å². The van der Waals surface area contributed by atoms with Crippen molar-refractivity contribution >= 4 is 21.6 Å². The summed E-state index contributed by atoms with van der Waals surface area (Å²) in [6, 6.07) is 8.04. The molecule has 1 unspecified atom stereocenters. The summed E-state index contributed by atoms with van der Waals surface area (Å²) in [4.78, 5) is 4.59. The lowest BCUT2D eigenvalue weighted by molar-refractivity contribution is 0.198. The van der Waals surface area contributed by atoms with Crippen molar-refractivity contribution in [2.75, 3.05) is 0 Å². The van der Waals surface area contributed by atoms with Gasteiger partial charge in [-0.05, 0) is 32.9 Å². The molecule has 4 nitrogen and oxygen atoms in total. The Kier molecular flexibility index (Phi) is 2.88. The van der Waals surface area contributed by atoms with Crippen LogP contribution in [0.1, 0.15) is 30.0 Å². The molecule has 2 aromatic heterocycles. The Morgan fingerprint density at radius 2 is 2.00 bits per heavy atom. The molecule has 3 rings (SSSR count). The van der Waals surface area contributed by atoms with E-state index < -0.39 is 6.10 Å². The van der Waals surface area contributed by atoms with Gasteiger partial charge in [-0.3, -0.25) is 0 Å². The van der Waals surface area contributed by atoms with Crippen molar-refractivity contribution in [3.8, 4) is 5.13 Å². The van der Waals surface area contributed by atoms with E-state index in [2.05, 4.69) is 16.1 Å². The van der Waals surface area contributed by atoms with Crippen molar-refractivity contribution in [2.45, 2.75) is 26.9 Å². The van der Waals surface area contributed by atoms with E-state index in [0.717, 1.165) is 32.3 Å². The lowest BCUT2D eigenvalue weighted by atomic mass is 10.1. The molecule has 19 heavy (non-hydrogen) atoms. The second kappa shape index (κ2) is 4.43. The molecule has 0 radical (unpaired) electrons. The summed E-state index contributed by atoms with van der Waals surface area (Å²) < 4.78 is 2.96. The van der Waals surface area contributed by atoms with Gasteiger partial charge in [0.2, 0.25) is 5.13 Å². The summed E-state index contributed by atoms with van der Waals surface area (Å²) in [5.74, 6) is 0.